The molecule has 0 radical (unpaired) electrons. The molecular weight excluding hydrogens is 310 g/mol. The van der Waals surface area contributed by atoms with Gasteiger partial charge in [0.05, 0.1) is 0 Å². The van der Waals surface area contributed by atoms with Crippen LogP contribution in [0.5, 0.6) is 5.75 Å². The monoisotopic (exact) mass is 333 g/mol. The summed E-state index contributed by atoms with van der Waals surface area (Å²) in [5.41, 5.74) is 2.02. The summed E-state index contributed by atoms with van der Waals surface area (Å²) >= 11 is 0. The van der Waals surface area contributed by atoms with Gasteiger partial charge >= 0.3 is 0 Å². The Kier molecular flexibility index (Phi) is 5.34. The molecule has 0 fully saturated rings. The molecule has 3 aromatic carbocycles. The zero-order chi connectivity index (χ0) is 17.6. The van der Waals surface area contributed by atoms with Crippen molar-refractivity contribution in [2.75, 3.05) is 11.9 Å². The summed E-state index contributed by atoms with van der Waals surface area (Å²) < 4.78 is 5.77. The fourth-order valence-electron chi connectivity index (χ4n) is 2.91. The Morgan fingerprint density at radius 2 is 1.72 bits per heavy atom. The number of anilines is 1. The minimum Gasteiger partial charge on any atom is -0.483 e. The molecule has 3 nitrogen and oxygen atoms in total. The lowest BCUT2D eigenvalue weighted by molar-refractivity contribution is -0.118. The summed E-state index contributed by atoms with van der Waals surface area (Å²) in [5.74, 6) is 0.975. The summed E-state index contributed by atoms with van der Waals surface area (Å²) in [6, 6.07) is 21.8. The standard InChI is InChI=1S/C22H23NO2/c1-3-16(2)18-11-6-7-13-20(18)23-22(24)15-25-21-14-8-10-17-9-4-5-12-19(17)21/h4-14,16H,3,15H2,1-2H3,(H,23,24)/t16-/m1/s1. The maximum absolute atomic E-state index is 12.3. The lowest BCUT2D eigenvalue weighted by Gasteiger charge is -2.16. The van der Waals surface area contributed by atoms with Gasteiger partial charge < -0.3 is 10.1 Å². The number of rotatable bonds is 6. The minimum absolute atomic E-state index is 0.0111. The lowest BCUT2D eigenvalue weighted by Crippen LogP contribution is -2.21. The van der Waals surface area contributed by atoms with Crippen molar-refractivity contribution >= 4 is 22.4 Å². The first-order valence-electron chi connectivity index (χ1n) is 8.68. The third-order valence-electron chi connectivity index (χ3n) is 4.49. The quantitative estimate of drug-likeness (QED) is 0.658. The lowest BCUT2D eigenvalue weighted by atomic mass is 9.97. The maximum atomic E-state index is 12.3. The van der Waals surface area contributed by atoms with Crippen LogP contribution in [-0.4, -0.2) is 12.5 Å². The van der Waals surface area contributed by atoms with Crippen LogP contribution in [0.15, 0.2) is 66.7 Å². The van der Waals surface area contributed by atoms with Gasteiger partial charge in [-0.25, -0.2) is 0 Å². The van der Waals surface area contributed by atoms with Gasteiger partial charge in [-0.2, -0.15) is 0 Å². The highest BCUT2D eigenvalue weighted by Crippen LogP contribution is 2.27. The molecule has 3 aromatic rings. The van der Waals surface area contributed by atoms with Gasteiger partial charge in [-0.1, -0.05) is 68.4 Å². The largest absolute Gasteiger partial charge is 0.483 e. The number of carbonyl (C=O) groups is 1. The molecule has 0 heterocycles. The summed E-state index contributed by atoms with van der Waals surface area (Å²) in [6.07, 6.45) is 1.03. The zero-order valence-corrected chi connectivity index (χ0v) is 14.7. The second kappa shape index (κ2) is 7.84. The van der Waals surface area contributed by atoms with Gasteiger partial charge in [-0.05, 0) is 35.4 Å². The number of hydrogen-bond acceptors (Lipinski definition) is 2. The van der Waals surface area contributed by atoms with Gasteiger partial charge in [-0.15, -0.1) is 0 Å². The molecule has 0 saturated heterocycles. The number of nitrogens with one attached hydrogen (secondary N) is 1. The van der Waals surface area contributed by atoms with Gasteiger partial charge in [0.15, 0.2) is 6.61 Å². The Morgan fingerprint density at radius 3 is 2.56 bits per heavy atom. The van der Waals surface area contributed by atoms with E-state index < -0.39 is 0 Å². The first kappa shape index (κ1) is 17.0. The van der Waals surface area contributed by atoms with E-state index in [2.05, 4.69) is 25.2 Å². The Balaban J connectivity index is 1.69. The first-order chi connectivity index (χ1) is 12.2. The third-order valence-corrected chi connectivity index (χ3v) is 4.49. The molecule has 0 unspecified atom stereocenters. The molecule has 3 heteroatoms. The maximum Gasteiger partial charge on any atom is 0.262 e. The molecule has 0 aromatic heterocycles. The number of para-hydroxylation sites is 1. The Morgan fingerprint density at radius 1 is 1.00 bits per heavy atom. The van der Waals surface area contributed by atoms with Crippen LogP contribution >= 0.6 is 0 Å². The predicted molar refractivity (Wildman–Crippen MR) is 103 cm³/mol. The average Bonchev–Trinajstić information content (AvgIpc) is 2.66. The van der Waals surface area contributed by atoms with Crippen LogP contribution in [-0.2, 0) is 4.79 Å². The molecule has 1 amide bonds. The van der Waals surface area contributed by atoms with E-state index in [1.165, 1.54) is 0 Å². The van der Waals surface area contributed by atoms with E-state index in [9.17, 15) is 4.79 Å². The predicted octanol–water partition coefficient (Wildman–Crippen LogP) is 5.37. The molecule has 0 aliphatic carbocycles. The number of hydrogen-bond donors (Lipinski definition) is 1. The van der Waals surface area contributed by atoms with Crippen LogP contribution in [0.3, 0.4) is 0 Å². The fourth-order valence-corrected chi connectivity index (χ4v) is 2.91. The van der Waals surface area contributed by atoms with E-state index in [-0.39, 0.29) is 12.5 Å². The van der Waals surface area contributed by atoms with Crippen molar-refractivity contribution in [1.82, 2.24) is 0 Å². The SMILES string of the molecule is CC[C@@H](C)c1ccccc1NC(=O)COc1cccc2ccccc12. The number of benzene rings is 3. The Hall–Kier alpha value is -2.81. The van der Waals surface area contributed by atoms with Crippen molar-refractivity contribution < 1.29 is 9.53 Å². The van der Waals surface area contributed by atoms with Gasteiger partial charge in [0.1, 0.15) is 5.75 Å². The molecule has 0 spiro atoms. The number of ether oxygens (including phenoxy) is 1. The van der Waals surface area contributed by atoms with Crippen molar-refractivity contribution in [2.24, 2.45) is 0 Å². The summed E-state index contributed by atoms with van der Waals surface area (Å²) in [6.45, 7) is 4.30. The minimum atomic E-state index is -0.149. The van der Waals surface area contributed by atoms with E-state index >= 15 is 0 Å². The zero-order valence-electron chi connectivity index (χ0n) is 14.7. The van der Waals surface area contributed by atoms with Crippen molar-refractivity contribution in [2.45, 2.75) is 26.2 Å². The summed E-state index contributed by atoms with van der Waals surface area (Å²) in [4.78, 5) is 12.3. The molecule has 1 atom stereocenters. The molecule has 128 valence electrons. The van der Waals surface area contributed by atoms with Gasteiger partial charge in [0.2, 0.25) is 0 Å². The molecule has 0 aliphatic rings. The van der Waals surface area contributed by atoms with Gasteiger partial charge in [-0.3, -0.25) is 4.79 Å². The molecule has 0 saturated carbocycles. The van der Waals surface area contributed by atoms with Crippen molar-refractivity contribution in [1.29, 1.82) is 0 Å². The summed E-state index contributed by atoms with van der Waals surface area (Å²) in [7, 11) is 0. The van der Waals surface area contributed by atoms with E-state index in [0.717, 1.165) is 34.2 Å². The van der Waals surface area contributed by atoms with E-state index in [4.69, 9.17) is 4.74 Å². The summed E-state index contributed by atoms with van der Waals surface area (Å²) in [5, 5.41) is 5.09. The van der Waals surface area contributed by atoms with E-state index in [0.29, 0.717) is 5.92 Å². The normalized spacial score (nSPS) is 11.9. The van der Waals surface area contributed by atoms with Crippen molar-refractivity contribution in [3.8, 4) is 5.75 Å². The van der Waals surface area contributed by atoms with Crippen molar-refractivity contribution in [3.05, 3.63) is 72.3 Å². The van der Waals surface area contributed by atoms with Gasteiger partial charge in [0, 0.05) is 11.1 Å². The highest BCUT2D eigenvalue weighted by atomic mass is 16.5. The van der Waals surface area contributed by atoms with Crippen LogP contribution in [0.1, 0.15) is 31.7 Å². The number of amides is 1. The van der Waals surface area contributed by atoms with Crippen LogP contribution in [0.2, 0.25) is 0 Å². The molecule has 0 bridgehead atoms. The van der Waals surface area contributed by atoms with Crippen LogP contribution in [0.4, 0.5) is 5.69 Å². The Labute approximate surface area is 148 Å². The third kappa shape index (κ3) is 4.00. The van der Waals surface area contributed by atoms with Crippen LogP contribution < -0.4 is 10.1 Å². The molecule has 3 rings (SSSR count). The molecular formula is C22H23NO2. The van der Waals surface area contributed by atoms with Crippen LogP contribution in [0, 0.1) is 0 Å². The van der Waals surface area contributed by atoms with Crippen LogP contribution in [0.25, 0.3) is 10.8 Å². The molecule has 0 aliphatic heterocycles. The second-order valence-corrected chi connectivity index (χ2v) is 6.21. The number of fused-ring (bicyclic) bond motifs is 1. The van der Waals surface area contributed by atoms with Crippen molar-refractivity contribution in [3.63, 3.8) is 0 Å². The van der Waals surface area contributed by atoms with Gasteiger partial charge in [0.25, 0.3) is 5.91 Å². The fraction of sp³-hybridized carbons (Fsp3) is 0.227. The molecule has 1 N–H and O–H groups in total. The van der Waals surface area contributed by atoms with E-state index in [1.807, 2.05) is 60.7 Å². The highest BCUT2D eigenvalue weighted by molar-refractivity contribution is 5.93. The molecule has 25 heavy (non-hydrogen) atoms. The Bertz CT molecular complexity index is 867. The van der Waals surface area contributed by atoms with E-state index in [1.54, 1.807) is 0 Å². The second-order valence-electron chi connectivity index (χ2n) is 6.21. The topological polar surface area (TPSA) is 38.3 Å². The first-order valence-corrected chi connectivity index (χ1v) is 8.68. The average molecular weight is 333 g/mol. The smallest absolute Gasteiger partial charge is 0.262 e. The number of carbonyl (C=O) groups excluding carboxylic acids is 1. The highest BCUT2D eigenvalue weighted by Gasteiger charge is 2.12.